The van der Waals surface area contributed by atoms with Crippen molar-refractivity contribution in [2.24, 2.45) is 5.73 Å². The molecule has 4 heteroatoms. The zero-order valence-corrected chi connectivity index (χ0v) is 13.9. The average molecular weight is 323 g/mol. The topological polar surface area (TPSA) is 58.4 Å². The summed E-state index contributed by atoms with van der Waals surface area (Å²) < 4.78 is 0. The molecule has 0 aliphatic carbocycles. The first-order valence-electron chi connectivity index (χ1n) is 8.53. The van der Waals surface area contributed by atoms with Crippen LogP contribution in [0.4, 0.5) is 0 Å². The lowest BCUT2D eigenvalue weighted by Crippen LogP contribution is -2.60. The highest BCUT2D eigenvalue weighted by molar-refractivity contribution is 5.84. The molecule has 2 aromatic rings. The molecule has 0 bridgehead atoms. The second-order valence-electron chi connectivity index (χ2n) is 6.55. The van der Waals surface area contributed by atoms with Crippen molar-refractivity contribution in [2.75, 3.05) is 13.1 Å². The standard InChI is InChI=1S/C20H25N3O/c21-19(24)20(22-15-17-7-3-1-4-8-17)11-13-23(14-12-20)16-18-9-5-2-6-10-18/h1-10,22H,11-16H2,(H2,21,24). The van der Waals surface area contributed by atoms with Crippen LogP contribution in [-0.2, 0) is 17.9 Å². The van der Waals surface area contributed by atoms with E-state index in [1.807, 2.05) is 24.3 Å². The number of primary amides is 1. The Hall–Kier alpha value is -2.17. The number of benzene rings is 2. The molecule has 0 atom stereocenters. The monoisotopic (exact) mass is 323 g/mol. The number of likely N-dealkylation sites (tertiary alicyclic amines) is 1. The third kappa shape index (κ3) is 4.02. The molecular weight excluding hydrogens is 298 g/mol. The van der Waals surface area contributed by atoms with Crippen LogP contribution < -0.4 is 11.1 Å². The van der Waals surface area contributed by atoms with E-state index in [0.29, 0.717) is 6.54 Å². The first kappa shape index (κ1) is 16.7. The number of carbonyl (C=O) groups excluding carboxylic acids is 1. The number of piperidine rings is 1. The number of hydrogen-bond donors (Lipinski definition) is 2. The molecule has 1 aliphatic rings. The van der Waals surface area contributed by atoms with E-state index in [4.69, 9.17) is 5.73 Å². The van der Waals surface area contributed by atoms with Crippen molar-refractivity contribution in [3.63, 3.8) is 0 Å². The molecule has 0 saturated carbocycles. The normalized spacial score (nSPS) is 17.5. The molecule has 1 aliphatic heterocycles. The fourth-order valence-electron chi connectivity index (χ4n) is 3.31. The zero-order valence-electron chi connectivity index (χ0n) is 13.9. The van der Waals surface area contributed by atoms with Crippen LogP contribution in [0.3, 0.4) is 0 Å². The SMILES string of the molecule is NC(=O)C1(NCc2ccccc2)CCN(Cc2ccccc2)CC1. The lowest BCUT2D eigenvalue weighted by atomic mass is 9.86. The number of rotatable bonds is 6. The molecule has 3 rings (SSSR count). The minimum atomic E-state index is -0.594. The molecular formula is C20H25N3O. The summed E-state index contributed by atoms with van der Waals surface area (Å²) in [4.78, 5) is 14.5. The summed E-state index contributed by atoms with van der Waals surface area (Å²) in [6, 6.07) is 20.6. The maximum Gasteiger partial charge on any atom is 0.237 e. The molecule has 1 saturated heterocycles. The van der Waals surface area contributed by atoms with E-state index in [2.05, 4.69) is 46.6 Å². The number of hydrogen-bond acceptors (Lipinski definition) is 3. The Morgan fingerprint density at radius 1 is 0.958 bits per heavy atom. The summed E-state index contributed by atoms with van der Waals surface area (Å²) in [5.41, 5.74) is 7.63. The van der Waals surface area contributed by atoms with Crippen LogP contribution in [0.2, 0.25) is 0 Å². The van der Waals surface area contributed by atoms with Gasteiger partial charge in [-0.15, -0.1) is 0 Å². The van der Waals surface area contributed by atoms with Crippen LogP contribution in [0.25, 0.3) is 0 Å². The first-order valence-corrected chi connectivity index (χ1v) is 8.53. The Morgan fingerprint density at radius 2 is 1.50 bits per heavy atom. The van der Waals surface area contributed by atoms with Gasteiger partial charge >= 0.3 is 0 Å². The number of carbonyl (C=O) groups is 1. The van der Waals surface area contributed by atoms with Gasteiger partial charge < -0.3 is 5.73 Å². The van der Waals surface area contributed by atoms with Crippen molar-refractivity contribution in [2.45, 2.75) is 31.5 Å². The largest absolute Gasteiger partial charge is 0.368 e. The van der Waals surface area contributed by atoms with Gasteiger partial charge in [0.15, 0.2) is 0 Å². The predicted molar refractivity (Wildman–Crippen MR) is 96.2 cm³/mol. The summed E-state index contributed by atoms with van der Waals surface area (Å²) >= 11 is 0. The molecule has 24 heavy (non-hydrogen) atoms. The summed E-state index contributed by atoms with van der Waals surface area (Å²) in [7, 11) is 0. The minimum absolute atomic E-state index is 0.238. The molecule has 1 fully saturated rings. The highest BCUT2D eigenvalue weighted by Gasteiger charge is 2.39. The Kier molecular flexibility index (Phi) is 5.28. The summed E-state index contributed by atoms with van der Waals surface area (Å²) in [5, 5.41) is 3.43. The number of nitrogens with one attached hydrogen (secondary N) is 1. The second-order valence-corrected chi connectivity index (χ2v) is 6.55. The molecule has 0 radical (unpaired) electrons. The highest BCUT2D eigenvalue weighted by Crippen LogP contribution is 2.24. The third-order valence-electron chi connectivity index (χ3n) is 4.90. The second kappa shape index (κ2) is 7.60. The highest BCUT2D eigenvalue weighted by atomic mass is 16.1. The Balaban J connectivity index is 1.58. The maximum atomic E-state index is 12.1. The van der Waals surface area contributed by atoms with Gasteiger partial charge in [0.2, 0.25) is 5.91 Å². The van der Waals surface area contributed by atoms with Crippen LogP contribution in [0, 0.1) is 0 Å². The van der Waals surface area contributed by atoms with Crippen molar-refractivity contribution in [3.8, 4) is 0 Å². The van der Waals surface area contributed by atoms with E-state index < -0.39 is 5.54 Å². The van der Waals surface area contributed by atoms with E-state index >= 15 is 0 Å². The van der Waals surface area contributed by atoms with Gasteiger partial charge in [-0.25, -0.2) is 0 Å². The quantitative estimate of drug-likeness (QED) is 0.857. The van der Waals surface area contributed by atoms with Crippen LogP contribution in [-0.4, -0.2) is 29.4 Å². The number of nitrogens with zero attached hydrogens (tertiary/aromatic N) is 1. The van der Waals surface area contributed by atoms with Gasteiger partial charge in [0.25, 0.3) is 0 Å². The van der Waals surface area contributed by atoms with Crippen LogP contribution in [0.1, 0.15) is 24.0 Å². The first-order chi connectivity index (χ1) is 11.7. The molecule has 1 heterocycles. The average Bonchev–Trinajstić information content (AvgIpc) is 2.63. The smallest absolute Gasteiger partial charge is 0.237 e. The van der Waals surface area contributed by atoms with Gasteiger partial charge in [0.1, 0.15) is 5.54 Å². The third-order valence-corrected chi connectivity index (χ3v) is 4.90. The molecule has 0 unspecified atom stereocenters. The fourth-order valence-corrected chi connectivity index (χ4v) is 3.31. The van der Waals surface area contributed by atoms with E-state index in [-0.39, 0.29) is 5.91 Å². The predicted octanol–water partition coefficient (Wildman–Crippen LogP) is 2.30. The summed E-state index contributed by atoms with van der Waals surface area (Å²) in [6.45, 7) is 3.34. The van der Waals surface area contributed by atoms with Crippen molar-refractivity contribution in [1.82, 2.24) is 10.2 Å². The van der Waals surface area contributed by atoms with Gasteiger partial charge in [-0.3, -0.25) is 15.0 Å². The van der Waals surface area contributed by atoms with Crippen molar-refractivity contribution in [1.29, 1.82) is 0 Å². The molecule has 4 nitrogen and oxygen atoms in total. The van der Waals surface area contributed by atoms with Crippen molar-refractivity contribution in [3.05, 3.63) is 71.8 Å². The fraction of sp³-hybridized carbons (Fsp3) is 0.350. The molecule has 3 N–H and O–H groups in total. The molecule has 0 spiro atoms. The Morgan fingerprint density at radius 3 is 2.04 bits per heavy atom. The summed E-state index contributed by atoms with van der Waals surface area (Å²) in [6.07, 6.45) is 1.50. The Labute approximate surface area is 143 Å². The molecule has 126 valence electrons. The molecule has 1 amide bonds. The van der Waals surface area contributed by atoms with Gasteiger partial charge in [-0.2, -0.15) is 0 Å². The Bertz CT molecular complexity index is 649. The van der Waals surface area contributed by atoms with Crippen molar-refractivity contribution < 1.29 is 4.79 Å². The zero-order chi connectivity index (χ0) is 16.8. The van der Waals surface area contributed by atoms with E-state index in [9.17, 15) is 4.79 Å². The van der Waals surface area contributed by atoms with E-state index in [1.54, 1.807) is 0 Å². The van der Waals surface area contributed by atoms with Crippen LogP contribution in [0.15, 0.2) is 60.7 Å². The number of nitrogens with two attached hydrogens (primary N) is 1. The minimum Gasteiger partial charge on any atom is -0.368 e. The van der Waals surface area contributed by atoms with Gasteiger partial charge in [-0.05, 0) is 24.0 Å². The molecule has 2 aromatic carbocycles. The van der Waals surface area contributed by atoms with Crippen molar-refractivity contribution >= 4 is 5.91 Å². The maximum absolute atomic E-state index is 12.1. The van der Waals surface area contributed by atoms with E-state index in [0.717, 1.165) is 32.5 Å². The van der Waals surface area contributed by atoms with Gasteiger partial charge in [0.05, 0.1) is 0 Å². The van der Waals surface area contributed by atoms with E-state index in [1.165, 1.54) is 11.1 Å². The van der Waals surface area contributed by atoms with Gasteiger partial charge in [0, 0.05) is 26.2 Å². The van der Waals surface area contributed by atoms with Crippen LogP contribution in [0.5, 0.6) is 0 Å². The number of amides is 1. The lowest BCUT2D eigenvalue weighted by Gasteiger charge is -2.40. The molecule has 0 aromatic heterocycles. The van der Waals surface area contributed by atoms with Gasteiger partial charge in [-0.1, -0.05) is 60.7 Å². The lowest BCUT2D eigenvalue weighted by molar-refractivity contribution is -0.126. The van der Waals surface area contributed by atoms with Crippen LogP contribution >= 0.6 is 0 Å². The summed E-state index contributed by atoms with van der Waals surface area (Å²) in [5.74, 6) is -0.238.